The highest BCUT2D eigenvalue weighted by Gasteiger charge is 2.03. The SMILES string of the molecule is N#Cc1ccccc1Oc1ccoc1. The third kappa shape index (κ3) is 1.59. The highest BCUT2D eigenvalue weighted by molar-refractivity contribution is 5.44. The molecule has 0 bridgehead atoms. The van der Waals surface area contributed by atoms with Gasteiger partial charge in [-0.25, -0.2) is 0 Å². The fraction of sp³-hybridized carbons (Fsp3) is 0. The van der Waals surface area contributed by atoms with Crippen molar-refractivity contribution in [2.75, 3.05) is 0 Å². The molecule has 0 saturated carbocycles. The van der Waals surface area contributed by atoms with Crippen LogP contribution in [0.4, 0.5) is 0 Å². The molecule has 0 radical (unpaired) electrons. The number of nitriles is 1. The Labute approximate surface area is 81.2 Å². The smallest absolute Gasteiger partial charge is 0.165 e. The molecule has 0 N–H and O–H groups in total. The van der Waals surface area contributed by atoms with Crippen molar-refractivity contribution in [3.63, 3.8) is 0 Å². The van der Waals surface area contributed by atoms with Gasteiger partial charge in [-0.15, -0.1) is 0 Å². The van der Waals surface area contributed by atoms with Crippen LogP contribution in [0.15, 0.2) is 47.3 Å². The first-order valence-corrected chi connectivity index (χ1v) is 4.09. The largest absolute Gasteiger partial charge is 0.469 e. The van der Waals surface area contributed by atoms with Crippen LogP contribution in [0.3, 0.4) is 0 Å². The Morgan fingerprint density at radius 2 is 2.07 bits per heavy atom. The maximum Gasteiger partial charge on any atom is 0.165 e. The first-order valence-electron chi connectivity index (χ1n) is 4.09. The van der Waals surface area contributed by atoms with Crippen molar-refractivity contribution < 1.29 is 9.15 Å². The second-order valence-electron chi connectivity index (χ2n) is 2.67. The molecule has 3 nitrogen and oxygen atoms in total. The van der Waals surface area contributed by atoms with Gasteiger partial charge in [-0.2, -0.15) is 5.26 Å². The van der Waals surface area contributed by atoms with Crippen LogP contribution < -0.4 is 4.74 Å². The molecule has 1 aromatic heterocycles. The van der Waals surface area contributed by atoms with E-state index in [1.165, 1.54) is 12.5 Å². The molecule has 0 amide bonds. The summed E-state index contributed by atoms with van der Waals surface area (Å²) >= 11 is 0. The second-order valence-corrected chi connectivity index (χ2v) is 2.67. The summed E-state index contributed by atoms with van der Waals surface area (Å²) in [6, 6.07) is 10.8. The highest BCUT2D eigenvalue weighted by atomic mass is 16.5. The van der Waals surface area contributed by atoms with E-state index in [1.807, 2.05) is 6.07 Å². The molecule has 0 unspecified atom stereocenters. The van der Waals surface area contributed by atoms with Crippen molar-refractivity contribution in [3.8, 4) is 17.6 Å². The summed E-state index contributed by atoms with van der Waals surface area (Å²) in [5.41, 5.74) is 0.508. The minimum atomic E-state index is 0.508. The van der Waals surface area contributed by atoms with Gasteiger partial charge >= 0.3 is 0 Å². The van der Waals surface area contributed by atoms with Crippen molar-refractivity contribution in [2.24, 2.45) is 0 Å². The van der Waals surface area contributed by atoms with Gasteiger partial charge in [0.25, 0.3) is 0 Å². The maximum absolute atomic E-state index is 8.79. The lowest BCUT2D eigenvalue weighted by atomic mass is 10.2. The van der Waals surface area contributed by atoms with Crippen LogP contribution >= 0.6 is 0 Å². The average molecular weight is 185 g/mol. The fourth-order valence-corrected chi connectivity index (χ4v) is 1.09. The number of hydrogen-bond acceptors (Lipinski definition) is 3. The second kappa shape index (κ2) is 3.67. The number of benzene rings is 1. The molecule has 0 spiro atoms. The molecule has 68 valence electrons. The van der Waals surface area contributed by atoms with Crippen LogP contribution in [-0.4, -0.2) is 0 Å². The lowest BCUT2D eigenvalue weighted by Gasteiger charge is -2.03. The molecule has 2 aromatic rings. The summed E-state index contributed by atoms with van der Waals surface area (Å²) in [6.07, 6.45) is 3.00. The summed E-state index contributed by atoms with van der Waals surface area (Å²) < 4.78 is 10.3. The van der Waals surface area contributed by atoms with Gasteiger partial charge < -0.3 is 9.15 Å². The third-order valence-electron chi connectivity index (χ3n) is 1.73. The minimum absolute atomic E-state index is 0.508. The lowest BCUT2D eigenvalue weighted by molar-refractivity contribution is 0.465. The molecule has 0 aliphatic heterocycles. The Hall–Kier alpha value is -2.21. The number of ether oxygens (including phenoxy) is 1. The van der Waals surface area contributed by atoms with Crippen LogP contribution in [-0.2, 0) is 0 Å². The molecule has 0 saturated heterocycles. The normalized spacial score (nSPS) is 9.36. The van der Waals surface area contributed by atoms with Gasteiger partial charge in [0.15, 0.2) is 5.75 Å². The van der Waals surface area contributed by atoms with E-state index in [4.69, 9.17) is 14.4 Å². The van der Waals surface area contributed by atoms with Crippen molar-refractivity contribution in [1.82, 2.24) is 0 Å². The predicted octanol–water partition coefficient (Wildman–Crippen LogP) is 2.94. The van der Waals surface area contributed by atoms with Gasteiger partial charge in [-0.05, 0) is 12.1 Å². The van der Waals surface area contributed by atoms with Gasteiger partial charge in [-0.1, -0.05) is 12.1 Å². The first kappa shape index (κ1) is 8.39. The molecule has 0 fully saturated rings. The zero-order valence-corrected chi connectivity index (χ0v) is 7.31. The van der Waals surface area contributed by atoms with E-state index in [0.29, 0.717) is 17.1 Å². The van der Waals surface area contributed by atoms with E-state index >= 15 is 0 Å². The quantitative estimate of drug-likeness (QED) is 0.722. The van der Waals surface area contributed by atoms with E-state index < -0.39 is 0 Å². The Kier molecular flexibility index (Phi) is 2.20. The lowest BCUT2D eigenvalue weighted by Crippen LogP contribution is -1.85. The van der Waals surface area contributed by atoms with E-state index in [1.54, 1.807) is 24.3 Å². The molecule has 0 aliphatic carbocycles. The highest BCUT2D eigenvalue weighted by Crippen LogP contribution is 2.24. The van der Waals surface area contributed by atoms with Gasteiger partial charge in [0, 0.05) is 6.07 Å². The van der Waals surface area contributed by atoms with E-state index in [0.717, 1.165) is 0 Å². The molecule has 14 heavy (non-hydrogen) atoms. The number of hydrogen-bond donors (Lipinski definition) is 0. The Morgan fingerprint density at radius 3 is 2.79 bits per heavy atom. The predicted molar refractivity (Wildman–Crippen MR) is 49.9 cm³/mol. The Bertz CT molecular complexity index is 454. The minimum Gasteiger partial charge on any atom is -0.469 e. The maximum atomic E-state index is 8.79. The Balaban J connectivity index is 2.30. The molecule has 0 aliphatic rings. The summed E-state index contributed by atoms with van der Waals surface area (Å²) in [5, 5.41) is 8.79. The van der Waals surface area contributed by atoms with E-state index in [-0.39, 0.29) is 0 Å². The van der Waals surface area contributed by atoms with Crippen LogP contribution in [0, 0.1) is 11.3 Å². The molecule has 3 heteroatoms. The van der Waals surface area contributed by atoms with Crippen LogP contribution in [0.5, 0.6) is 11.5 Å². The summed E-state index contributed by atoms with van der Waals surface area (Å²) in [7, 11) is 0. The van der Waals surface area contributed by atoms with Gasteiger partial charge in [0.2, 0.25) is 0 Å². The van der Waals surface area contributed by atoms with Crippen molar-refractivity contribution in [1.29, 1.82) is 5.26 Å². The molecular weight excluding hydrogens is 178 g/mol. The molecule has 0 atom stereocenters. The third-order valence-corrected chi connectivity index (χ3v) is 1.73. The van der Waals surface area contributed by atoms with Crippen LogP contribution in [0.1, 0.15) is 5.56 Å². The summed E-state index contributed by atoms with van der Waals surface area (Å²) in [6.45, 7) is 0. The fourth-order valence-electron chi connectivity index (χ4n) is 1.09. The van der Waals surface area contributed by atoms with Crippen molar-refractivity contribution >= 4 is 0 Å². The number of rotatable bonds is 2. The van der Waals surface area contributed by atoms with E-state index in [9.17, 15) is 0 Å². The zero-order chi connectivity index (χ0) is 9.80. The zero-order valence-electron chi connectivity index (χ0n) is 7.31. The topological polar surface area (TPSA) is 46.2 Å². The summed E-state index contributed by atoms with van der Waals surface area (Å²) in [5.74, 6) is 1.13. The van der Waals surface area contributed by atoms with Crippen molar-refractivity contribution in [2.45, 2.75) is 0 Å². The number of furan rings is 1. The monoisotopic (exact) mass is 185 g/mol. The van der Waals surface area contributed by atoms with E-state index in [2.05, 4.69) is 6.07 Å². The molecule has 1 aromatic carbocycles. The average Bonchev–Trinajstić information content (AvgIpc) is 2.71. The van der Waals surface area contributed by atoms with Crippen LogP contribution in [0.2, 0.25) is 0 Å². The number of nitrogens with zero attached hydrogens (tertiary/aromatic N) is 1. The molecule has 2 rings (SSSR count). The number of para-hydroxylation sites is 1. The van der Waals surface area contributed by atoms with Gasteiger partial charge in [0.05, 0.1) is 11.8 Å². The molecule has 1 heterocycles. The van der Waals surface area contributed by atoms with Gasteiger partial charge in [-0.3, -0.25) is 0 Å². The standard InChI is InChI=1S/C11H7NO2/c12-7-9-3-1-2-4-11(9)14-10-5-6-13-8-10/h1-6,8H. The van der Waals surface area contributed by atoms with Gasteiger partial charge in [0.1, 0.15) is 18.1 Å². The summed E-state index contributed by atoms with van der Waals surface area (Å²) in [4.78, 5) is 0. The molecular formula is C11H7NO2. The Morgan fingerprint density at radius 1 is 1.21 bits per heavy atom. The first-order chi connectivity index (χ1) is 6.90. The van der Waals surface area contributed by atoms with Crippen LogP contribution in [0.25, 0.3) is 0 Å². The van der Waals surface area contributed by atoms with Crippen molar-refractivity contribution in [3.05, 3.63) is 48.4 Å².